The number of benzene rings is 1. The number of amides is 1. The first kappa shape index (κ1) is 17.0. The molecule has 0 atom stereocenters. The summed E-state index contributed by atoms with van der Waals surface area (Å²) in [6.45, 7) is 0.302. The number of aryl methyl sites for hydroxylation is 1. The highest BCUT2D eigenvalue weighted by atomic mass is 16.3. The highest BCUT2D eigenvalue weighted by Crippen LogP contribution is 2.23. The van der Waals surface area contributed by atoms with Crippen molar-refractivity contribution in [1.82, 2.24) is 19.9 Å². The summed E-state index contributed by atoms with van der Waals surface area (Å²) in [5, 5.41) is 0. The van der Waals surface area contributed by atoms with Crippen LogP contribution >= 0.6 is 0 Å². The summed E-state index contributed by atoms with van der Waals surface area (Å²) in [5.74, 6) is 1.15. The Balaban J connectivity index is 1.54. The molecule has 0 aliphatic rings. The molecule has 3 aromatic heterocycles. The van der Waals surface area contributed by atoms with Gasteiger partial charge in [0, 0.05) is 6.42 Å². The molecule has 1 aromatic carbocycles. The van der Waals surface area contributed by atoms with E-state index in [2.05, 4.69) is 32.1 Å². The van der Waals surface area contributed by atoms with Gasteiger partial charge in [0.25, 0.3) is 0 Å². The lowest BCUT2D eigenvalue weighted by Gasteiger charge is -2.21. The predicted octanol–water partition coefficient (Wildman–Crippen LogP) is 3.50. The molecule has 0 radical (unpaired) electrons. The number of hydrogen-bond donors (Lipinski definition) is 1. The summed E-state index contributed by atoms with van der Waals surface area (Å²) >= 11 is 0. The van der Waals surface area contributed by atoms with Crippen LogP contribution in [0.1, 0.15) is 24.2 Å². The molecular weight excluding hydrogens is 342 g/mol. The molecule has 4 rings (SSSR count). The number of furan rings is 1. The third-order valence-electron chi connectivity index (χ3n) is 4.35. The number of aromatic amines is 1. The molecular formula is C20H19N5O2. The van der Waals surface area contributed by atoms with Crippen LogP contribution in [0, 0.1) is 0 Å². The molecule has 0 spiro atoms. The van der Waals surface area contributed by atoms with E-state index in [1.165, 1.54) is 11.9 Å². The summed E-state index contributed by atoms with van der Waals surface area (Å²) in [4.78, 5) is 30.3. The monoisotopic (exact) mass is 361 g/mol. The second-order valence-electron chi connectivity index (χ2n) is 6.20. The summed E-state index contributed by atoms with van der Waals surface area (Å²) in [5.41, 5.74) is 2.39. The topological polar surface area (TPSA) is 87.9 Å². The average molecular weight is 361 g/mol. The molecule has 0 bridgehead atoms. The van der Waals surface area contributed by atoms with Crippen molar-refractivity contribution >= 4 is 22.9 Å². The number of rotatable bonds is 7. The van der Waals surface area contributed by atoms with Crippen LogP contribution in [0.5, 0.6) is 0 Å². The van der Waals surface area contributed by atoms with Gasteiger partial charge in [-0.1, -0.05) is 30.3 Å². The Morgan fingerprint density at radius 1 is 1.07 bits per heavy atom. The Morgan fingerprint density at radius 2 is 1.96 bits per heavy atom. The van der Waals surface area contributed by atoms with Gasteiger partial charge in [0.15, 0.2) is 17.0 Å². The van der Waals surface area contributed by atoms with Crippen molar-refractivity contribution < 1.29 is 9.21 Å². The Morgan fingerprint density at radius 3 is 2.78 bits per heavy atom. The normalized spacial score (nSPS) is 11.0. The zero-order valence-corrected chi connectivity index (χ0v) is 14.7. The molecule has 7 nitrogen and oxygen atoms in total. The van der Waals surface area contributed by atoms with E-state index in [1.54, 1.807) is 23.6 Å². The van der Waals surface area contributed by atoms with Crippen molar-refractivity contribution in [2.45, 2.75) is 25.8 Å². The van der Waals surface area contributed by atoms with Crippen LogP contribution in [0.4, 0.5) is 5.82 Å². The molecule has 3 heterocycles. The van der Waals surface area contributed by atoms with E-state index in [-0.39, 0.29) is 5.91 Å². The van der Waals surface area contributed by atoms with Crippen LogP contribution in [0.15, 0.2) is 65.8 Å². The van der Waals surface area contributed by atoms with Gasteiger partial charge < -0.3 is 9.40 Å². The van der Waals surface area contributed by atoms with Crippen LogP contribution in [-0.4, -0.2) is 25.8 Å². The molecule has 1 N–H and O–H groups in total. The van der Waals surface area contributed by atoms with Crippen molar-refractivity contribution in [3.05, 3.63) is 72.7 Å². The quantitative estimate of drug-likeness (QED) is 0.544. The number of anilines is 1. The van der Waals surface area contributed by atoms with E-state index in [1.807, 2.05) is 24.3 Å². The van der Waals surface area contributed by atoms with E-state index in [9.17, 15) is 4.79 Å². The Bertz CT molecular complexity index is 1010. The number of carbonyl (C=O) groups excluding carboxylic acids is 1. The SMILES string of the molecule is O=C(CCCc1ccccc1)N(Cc1ccco1)c1ncnc2[nH]cnc12. The van der Waals surface area contributed by atoms with Crippen LogP contribution < -0.4 is 4.90 Å². The van der Waals surface area contributed by atoms with Crippen molar-refractivity contribution in [3.63, 3.8) is 0 Å². The van der Waals surface area contributed by atoms with Crippen LogP contribution in [0.2, 0.25) is 0 Å². The lowest BCUT2D eigenvalue weighted by atomic mass is 10.1. The Hall–Kier alpha value is -3.48. The molecule has 4 aromatic rings. The lowest BCUT2D eigenvalue weighted by molar-refractivity contribution is -0.118. The van der Waals surface area contributed by atoms with E-state index in [0.717, 1.165) is 12.8 Å². The number of aromatic nitrogens is 4. The fraction of sp³-hybridized carbons (Fsp3) is 0.200. The fourth-order valence-corrected chi connectivity index (χ4v) is 3.01. The summed E-state index contributed by atoms with van der Waals surface area (Å²) in [7, 11) is 0. The maximum atomic E-state index is 13.0. The number of imidazole rings is 1. The minimum Gasteiger partial charge on any atom is -0.467 e. The van der Waals surface area contributed by atoms with Gasteiger partial charge in [0.2, 0.25) is 5.91 Å². The van der Waals surface area contributed by atoms with Gasteiger partial charge in [0.1, 0.15) is 12.1 Å². The summed E-state index contributed by atoms with van der Waals surface area (Å²) in [6.07, 6.45) is 6.59. The van der Waals surface area contributed by atoms with Crippen LogP contribution in [0.3, 0.4) is 0 Å². The van der Waals surface area contributed by atoms with E-state index in [4.69, 9.17) is 4.42 Å². The standard InChI is InChI=1S/C20H19N5O2/c26-17(10-4-8-15-6-2-1-3-7-15)25(12-16-9-5-11-27-16)20-18-19(22-13-21-18)23-14-24-20/h1-3,5-7,9,11,13-14H,4,8,10,12H2,(H,21,22,23,24). The van der Waals surface area contributed by atoms with Gasteiger partial charge >= 0.3 is 0 Å². The first-order valence-electron chi connectivity index (χ1n) is 8.82. The second kappa shape index (κ2) is 7.82. The second-order valence-corrected chi connectivity index (χ2v) is 6.20. The Kier molecular flexibility index (Phi) is 4.91. The third kappa shape index (κ3) is 3.87. The maximum Gasteiger partial charge on any atom is 0.228 e. The van der Waals surface area contributed by atoms with Gasteiger partial charge in [0.05, 0.1) is 19.1 Å². The Labute approximate surface area is 156 Å². The van der Waals surface area contributed by atoms with Gasteiger partial charge in [-0.05, 0) is 30.5 Å². The smallest absolute Gasteiger partial charge is 0.228 e. The minimum absolute atomic E-state index is 0.0228. The molecule has 136 valence electrons. The van der Waals surface area contributed by atoms with E-state index in [0.29, 0.717) is 35.7 Å². The minimum atomic E-state index is -0.0228. The molecule has 1 amide bonds. The zero-order valence-electron chi connectivity index (χ0n) is 14.7. The fourth-order valence-electron chi connectivity index (χ4n) is 3.01. The maximum absolute atomic E-state index is 13.0. The molecule has 0 aliphatic carbocycles. The van der Waals surface area contributed by atoms with Gasteiger partial charge in [-0.3, -0.25) is 9.69 Å². The van der Waals surface area contributed by atoms with Gasteiger partial charge in [-0.15, -0.1) is 0 Å². The number of nitrogens with one attached hydrogen (secondary N) is 1. The average Bonchev–Trinajstić information content (AvgIpc) is 3.38. The first-order valence-corrected chi connectivity index (χ1v) is 8.82. The molecule has 0 unspecified atom stereocenters. The largest absolute Gasteiger partial charge is 0.467 e. The highest BCUT2D eigenvalue weighted by Gasteiger charge is 2.22. The van der Waals surface area contributed by atoms with Crippen molar-refractivity contribution in [2.24, 2.45) is 0 Å². The highest BCUT2D eigenvalue weighted by molar-refractivity contribution is 5.98. The number of fused-ring (bicyclic) bond motifs is 1. The third-order valence-corrected chi connectivity index (χ3v) is 4.35. The predicted molar refractivity (Wildman–Crippen MR) is 101 cm³/mol. The number of hydrogen-bond acceptors (Lipinski definition) is 5. The van der Waals surface area contributed by atoms with Gasteiger partial charge in [-0.2, -0.15) is 0 Å². The molecule has 0 aliphatic heterocycles. The molecule has 27 heavy (non-hydrogen) atoms. The molecule has 0 fully saturated rings. The summed E-state index contributed by atoms with van der Waals surface area (Å²) in [6, 6.07) is 13.8. The van der Waals surface area contributed by atoms with Crippen molar-refractivity contribution in [1.29, 1.82) is 0 Å². The van der Waals surface area contributed by atoms with Crippen molar-refractivity contribution in [3.8, 4) is 0 Å². The molecule has 0 saturated heterocycles. The first-order chi connectivity index (χ1) is 13.3. The molecule has 0 saturated carbocycles. The lowest BCUT2D eigenvalue weighted by Crippen LogP contribution is -2.31. The molecule has 7 heteroatoms. The number of carbonyl (C=O) groups is 1. The van der Waals surface area contributed by atoms with Crippen LogP contribution in [0.25, 0.3) is 11.2 Å². The van der Waals surface area contributed by atoms with Crippen molar-refractivity contribution in [2.75, 3.05) is 4.90 Å². The summed E-state index contributed by atoms with van der Waals surface area (Å²) < 4.78 is 5.44. The number of nitrogens with zero attached hydrogens (tertiary/aromatic N) is 4. The van der Waals surface area contributed by atoms with E-state index < -0.39 is 0 Å². The van der Waals surface area contributed by atoms with Gasteiger partial charge in [-0.25, -0.2) is 15.0 Å². The zero-order chi connectivity index (χ0) is 18.5. The van der Waals surface area contributed by atoms with E-state index >= 15 is 0 Å². The number of H-pyrrole nitrogens is 1. The van der Waals surface area contributed by atoms with Crippen LogP contribution in [-0.2, 0) is 17.8 Å².